The molecule has 0 radical (unpaired) electrons. The molecule has 0 heterocycles. The number of phenols is 1. The fourth-order valence-corrected chi connectivity index (χ4v) is 4.29. The number of carbonyl (C=O) groups excluding carboxylic acids is 1. The van der Waals surface area contributed by atoms with Crippen LogP contribution in [0.3, 0.4) is 0 Å². The van der Waals surface area contributed by atoms with Gasteiger partial charge in [-0.1, -0.05) is 48.5 Å². The topological polar surface area (TPSA) is 99.1 Å². The summed E-state index contributed by atoms with van der Waals surface area (Å²) in [6.07, 6.45) is 2.41. The van der Waals surface area contributed by atoms with Crippen molar-refractivity contribution in [3.05, 3.63) is 71.3 Å². The molecular formula is C22H23N3O4S. The summed E-state index contributed by atoms with van der Waals surface area (Å²) in [5, 5.41) is 15.8. The highest BCUT2D eigenvalue weighted by Crippen LogP contribution is 2.27. The van der Waals surface area contributed by atoms with Crippen LogP contribution in [0.1, 0.15) is 16.7 Å². The van der Waals surface area contributed by atoms with Gasteiger partial charge in [-0.3, -0.25) is 9.10 Å². The Morgan fingerprint density at radius 1 is 1.07 bits per heavy atom. The predicted molar refractivity (Wildman–Crippen MR) is 119 cm³/mol. The summed E-state index contributed by atoms with van der Waals surface area (Å²) in [5.41, 5.74) is 4.78. The third kappa shape index (κ3) is 4.60. The van der Waals surface area contributed by atoms with Crippen molar-refractivity contribution < 1.29 is 18.3 Å². The quantitative estimate of drug-likeness (QED) is 0.468. The van der Waals surface area contributed by atoms with Gasteiger partial charge in [-0.05, 0) is 41.8 Å². The predicted octanol–water partition coefficient (Wildman–Crippen LogP) is 3.08. The Morgan fingerprint density at radius 3 is 2.40 bits per heavy atom. The average molecular weight is 426 g/mol. The van der Waals surface area contributed by atoms with E-state index in [0.29, 0.717) is 11.3 Å². The van der Waals surface area contributed by atoms with Crippen molar-refractivity contribution in [2.75, 3.05) is 17.1 Å². The maximum atomic E-state index is 12.4. The van der Waals surface area contributed by atoms with E-state index < -0.39 is 22.5 Å². The maximum absolute atomic E-state index is 12.4. The zero-order valence-electron chi connectivity index (χ0n) is 17.0. The Morgan fingerprint density at radius 2 is 1.73 bits per heavy atom. The van der Waals surface area contributed by atoms with Gasteiger partial charge in [0.25, 0.3) is 5.91 Å². The van der Waals surface area contributed by atoms with Gasteiger partial charge in [0.05, 0.1) is 18.2 Å². The molecule has 0 aromatic heterocycles. The van der Waals surface area contributed by atoms with Crippen molar-refractivity contribution >= 4 is 38.6 Å². The minimum Gasteiger partial charge on any atom is -0.507 e. The summed E-state index contributed by atoms with van der Waals surface area (Å²) in [6, 6.07) is 16.2. The fraction of sp³-hybridized carbons (Fsp3) is 0.182. The first-order chi connectivity index (χ1) is 14.2. The first kappa shape index (κ1) is 21.3. The molecule has 2 N–H and O–H groups in total. The van der Waals surface area contributed by atoms with Gasteiger partial charge in [0.2, 0.25) is 10.0 Å². The molecule has 0 spiro atoms. The number of aromatic hydroxyl groups is 1. The van der Waals surface area contributed by atoms with E-state index in [1.807, 2.05) is 30.3 Å². The molecule has 3 aromatic rings. The van der Waals surface area contributed by atoms with Crippen LogP contribution in [0.15, 0.2) is 59.7 Å². The normalized spacial score (nSPS) is 11.7. The highest BCUT2D eigenvalue weighted by atomic mass is 32.2. The van der Waals surface area contributed by atoms with Gasteiger partial charge in [0.15, 0.2) is 0 Å². The molecule has 0 aliphatic heterocycles. The van der Waals surface area contributed by atoms with E-state index in [-0.39, 0.29) is 5.75 Å². The molecule has 0 aliphatic rings. The van der Waals surface area contributed by atoms with Crippen LogP contribution in [0.25, 0.3) is 10.8 Å². The van der Waals surface area contributed by atoms with Crippen molar-refractivity contribution in [1.29, 1.82) is 0 Å². The first-order valence-corrected chi connectivity index (χ1v) is 11.1. The van der Waals surface area contributed by atoms with E-state index in [9.17, 15) is 18.3 Å². The number of hydrazone groups is 1. The van der Waals surface area contributed by atoms with E-state index >= 15 is 0 Å². The highest BCUT2D eigenvalue weighted by molar-refractivity contribution is 7.92. The van der Waals surface area contributed by atoms with Crippen LogP contribution in [0, 0.1) is 13.8 Å². The first-order valence-electron chi connectivity index (χ1n) is 9.25. The van der Waals surface area contributed by atoms with Crippen LogP contribution < -0.4 is 9.73 Å². The molecule has 1 amide bonds. The number of hydrogen-bond donors (Lipinski definition) is 2. The number of phenolic OH excluding ortho intramolecular Hbond substituents is 1. The number of fused-ring (bicyclic) bond motifs is 1. The molecule has 30 heavy (non-hydrogen) atoms. The molecule has 8 heteroatoms. The molecule has 0 saturated carbocycles. The monoisotopic (exact) mass is 425 g/mol. The number of para-hydroxylation sites is 1. The van der Waals surface area contributed by atoms with Crippen LogP contribution in [0.5, 0.6) is 5.75 Å². The van der Waals surface area contributed by atoms with Crippen LogP contribution in [0.2, 0.25) is 0 Å². The number of nitrogens with one attached hydrogen (secondary N) is 1. The molecular weight excluding hydrogens is 402 g/mol. The van der Waals surface area contributed by atoms with Gasteiger partial charge >= 0.3 is 0 Å². The van der Waals surface area contributed by atoms with Crippen molar-refractivity contribution in [2.45, 2.75) is 13.8 Å². The Balaban J connectivity index is 1.82. The number of amides is 1. The summed E-state index contributed by atoms with van der Waals surface area (Å²) in [7, 11) is -3.69. The molecule has 3 aromatic carbocycles. The molecule has 0 fully saturated rings. The summed E-state index contributed by atoms with van der Waals surface area (Å²) in [6.45, 7) is 3.17. The lowest BCUT2D eigenvalue weighted by molar-refractivity contribution is -0.119. The zero-order chi connectivity index (χ0) is 21.9. The molecule has 0 bridgehead atoms. The van der Waals surface area contributed by atoms with E-state index in [2.05, 4.69) is 10.5 Å². The summed E-state index contributed by atoms with van der Waals surface area (Å²) in [5.74, 6) is -0.570. The standard InChI is InChI=1S/C22H23N3O4S/c1-15-7-6-8-16(2)22(15)25(30(3,28)29)14-21(27)24-23-13-19-18-10-5-4-9-17(18)11-12-20(19)26/h4-13,26H,14H2,1-3H3,(H,24,27). The van der Waals surface area contributed by atoms with E-state index in [1.165, 1.54) is 6.21 Å². The minimum absolute atomic E-state index is 0.0278. The Bertz CT molecular complexity index is 1220. The lowest BCUT2D eigenvalue weighted by Crippen LogP contribution is -2.39. The SMILES string of the molecule is Cc1cccc(C)c1N(CC(=O)NN=Cc1c(O)ccc2ccccc12)S(C)(=O)=O. The van der Waals surface area contributed by atoms with Gasteiger partial charge in [0, 0.05) is 5.56 Å². The van der Waals surface area contributed by atoms with Gasteiger partial charge in [-0.15, -0.1) is 0 Å². The maximum Gasteiger partial charge on any atom is 0.260 e. The third-order valence-electron chi connectivity index (χ3n) is 4.71. The molecule has 0 atom stereocenters. The van der Waals surface area contributed by atoms with Gasteiger partial charge < -0.3 is 5.11 Å². The highest BCUT2D eigenvalue weighted by Gasteiger charge is 2.23. The average Bonchev–Trinajstić information content (AvgIpc) is 2.68. The molecule has 0 aliphatic carbocycles. The summed E-state index contributed by atoms with van der Waals surface area (Å²) in [4.78, 5) is 12.4. The summed E-state index contributed by atoms with van der Waals surface area (Å²) < 4.78 is 25.7. The lowest BCUT2D eigenvalue weighted by atomic mass is 10.0. The Kier molecular flexibility index (Phi) is 6.07. The second-order valence-electron chi connectivity index (χ2n) is 7.02. The lowest BCUT2D eigenvalue weighted by Gasteiger charge is -2.25. The number of anilines is 1. The van der Waals surface area contributed by atoms with Gasteiger partial charge in [0.1, 0.15) is 12.3 Å². The van der Waals surface area contributed by atoms with Crippen molar-refractivity contribution in [3.63, 3.8) is 0 Å². The third-order valence-corrected chi connectivity index (χ3v) is 5.82. The van der Waals surface area contributed by atoms with Gasteiger partial charge in [-0.2, -0.15) is 5.10 Å². The second-order valence-corrected chi connectivity index (χ2v) is 8.93. The number of hydrogen-bond acceptors (Lipinski definition) is 5. The molecule has 0 unspecified atom stereocenters. The van der Waals surface area contributed by atoms with Crippen molar-refractivity contribution in [3.8, 4) is 5.75 Å². The number of carbonyl (C=O) groups is 1. The Labute approximate surface area is 175 Å². The van der Waals surface area contributed by atoms with Crippen molar-refractivity contribution in [2.24, 2.45) is 5.10 Å². The van der Waals surface area contributed by atoms with Crippen LogP contribution in [-0.2, 0) is 14.8 Å². The number of rotatable bonds is 6. The number of benzene rings is 3. The van der Waals surface area contributed by atoms with Crippen LogP contribution in [-0.4, -0.2) is 38.4 Å². The number of aryl methyl sites for hydroxylation is 2. The second kappa shape index (κ2) is 8.54. The van der Waals surface area contributed by atoms with E-state index in [0.717, 1.165) is 32.5 Å². The Hall–Kier alpha value is -3.39. The van der Waals surface area contributed by atoms with E-state index in [1.54, 1.807) is 38.1 Å². The fourth-order valence-electron chi connectivity index (χ4n) is 3.32. The molecule has 0 saturated heterocycles. The van der Waals surface area contributed by atoms with Crippen molar-refractivity contribution in [1.82, 2.24) is 5.43 Å². The van der Waals surface area contributed by atoms with Crippen LogP contribution in [0.4, 0.5) is 5.69 Å². The van der Waals surface area contributed by atoms with Gasteiger partial charge in [-0.25, -0.2) is 13.8 Å². The number of sulfonamides is 1. The largest absolute Gasteiger partial charge is 0.507 e. The smallest absolute Gasteiger partial charge is 0.260 e. The van der Waals surface area contributed by atoms with E-state index in [4.69, 9.17) is 0 Å². The summed E-state index contributed by atoms with van der Waals surface area (Å²) >= 11 is 0. The minimum atomic E-state index is -3.69. The number of nitrogens with zero attached hydrogens (tertiary/aromatic N) is 2. The molecule has 156 valence electrons. The van der Waals surface area contributed by atoms with Crippen LogP contribution >= 0.6 is 0 Å². The molecule has 7 nitrogen and oxygen atoms in total. The molecule has 3 rings (SSSR count). The zero-order valence-corrected chi connectivity index (χ0v) is 17.8.